The first-order valence-corrected chi connectivity index (χ1v) is 8.53. The Morgan fingerprint density at radius 3 is 3.09 bits per heavy atom. The maximum atomic E-state index is 12.2. The fourth-order valence-electron chi connectivity index (χ4n) is 2.71. The van der Waals surface area contributed by atoms with Gasteiger partial charge in [0, 0.05) is 24.9 Å². The third-order valence-corrected chi connectivity index (χ3v) is 5.23. The third-order valence-electron chi connectivity index (χ3n) is 3.93. The van der Waals surface area contributed by atoms with Crippen molar-refractivity contribution >= 4 is 17.5 Å². The summed E-state index contributed by atoms with van der Waals surface area (Å²) in [7, 11) is 1.66. The van der Waals surface area contributed by atoms with Gasteiger partial charge in [-0.25, -0.2) is 4.98 Å². The standard InChI is InChI=1S/C17H20N2O2S/c1-21-14-7-5-6-13(12-14)19-11-10-18-17(19)22-16-9-4-2-3-8-15(16)20/h5-7,10-12,16H,2-4,8-9H2,1H3. The van der Waals surface area contributed by atoms with E-state index in [4.69, 9.17) is 4.74 Å². The van der Waals surface area contributed by atoms with Crippen LogP contribution >= 0.6 is 11.8 Å². The van der Waals surface area contributed by atoms with Gasteiger partial charge in [-0.3, -0.25) is 9.36 Å². The van der Waals surface area contributed by atoms with Crippen LogP contribution in [0.4, 0.5) is 0 Å². The Kier molecular flexibility index (Phi) is 4.83. The molecule has 4 nitrogen and oxygen atoms in total. The number of carbonyl (C=O) groups excluding carboxylic acids is 1. The largest absolute Gasteiger partial charge is 0.497 e. The molecule has 1 heterocycles. The van der Waals surface area contributed by atoms with E-state index < -0.39 is 0 Å². The molecule has 1 aliphatic carbocycles. The molecule has 5 heteroatoms. The molecule has 22 heavy (non-hydrogen) atoms. The van der Waals surface area contributed by atoms with Crippen LogP contribution in [0.15, 0.2) is 41.8 Å². The van der Waals surface area contributed by atoms with Gasteiger partial charge in [0.05, 0.1) is 18.0 Å². The van der Waals surface area contributed by atoms with Crippen LogP contribution in [0.25, 0.3) is 5.69 Å². The molecule has 1 aliphatic rings. The number of ketones is 1. The van der Waals surface area contributed by atoms with Gasteiger partial charge in [0.25, 0.3) is 0 Å². The smallest absolute Gasteiger partial charge is 0.173 e. The number of hydrogen-bond donors (Lipinski definition) is 0. The van der Waals surface area contributed by atoms with Crippen LogP contribution in [0.2, 0.25) is 0 Å². The molecule has 116 valence electrons. The minimum Gasteiger partial charge on any atom is -0.497 e. The van der Waals surface area contributed by atoms with Gasteiger partial charge in [-0.1, -0.05) is 30.7 Å². The van der Waals surface area contributed by atoms with Gasteiger partial charge < -0.3 is 4.74 Å². The Balaban J connectivity index is 1.83. The number of thioether (sulfide) groups is 1. The molecule has 1 saturated carbocycles. The van der Waals surface area contributed by atoms with E-state index in [2.05, 4.69) is 4.98 Å². The monoisotopic (exact) mass is 316 g/mol. The lowest BCUT2D eigenvalue weighted by Gasteiger charge is -2.14. The Labute approximate surface area is 134 Å². The summed E-state index contributed by atoms with van der Waals surface area (Å²) >= 11 is 1.59. The van der Waals surface area contributed by atoms with E-state index >= 15 is 0 Å². The molecular formula is C17H20N2O2S. The number of imidazole rings is 1. The number of ether oxygens (including phenoxy) is 1. The van der Waals surface area contributed by atoms with E-state index in [-0.39, 0.29) is 5.25 Å². The summed E-state index contributed by atoms with van der Waals surface area (Å²) in [5, 5.41) is 0.905. The third kappa shape index (κ3) is 3.35. The average molecular weight is 316 g/mol. The van der Waals surface area contributed by atoms with Crippen LogP contribution < -0.4 is 4.74 Å². The quantitative estimate of drug-likeness (QED) is 0.803. The molecule has 2 aromatic rings. The highest BCUT2D eigenvalue weighted by atomic mass is 32.2. The zero-order valence-corrected chi connectivity index (χ0v) is 13.5. The average Bonchev–Trinajstić information content (AvgIpc) is 2.92. The Hall–Kier alpha value is -1.75. The summed E-state index contributed by atoms with van der Waals surface area (Å²) in [6, 6.07) is 7.87. The fourth-order valence-corrected chi connectivity index (χ4v) is 3.90. The molecule has 1 fully saturated rings. The molecule has 1 aromatic heterocycles. The van der Waals surface area contributed by atoms with Gasteiger partial charge in [0.2, 0.25) is 0 Å². The number of aromatic nitrogens is 2. The molecule has 0 N–H and O–H groups in total. The minimum atomic E-state index is 0.0363. The second-order valence-corrected chi connectivity index (χ2v) is 6.62. The lowest BCUT2D eigenvalue weighted by Crippen LogP contribution is -2.15. The first-order valence-electron chi connectivity index (χ1n) is 7.65. The van der Waals surface area contributed by atoms with Crippen molar-refractivity contribution in [3.63, 3.8) is 0 Å². The number of Topliss-reactive ketones (excluding diaryl/α,β-unsaturated/α-hetero) is 1. The number of benzene rings is 1. The number of methoxy groups -OCH3 is 1. The number of nitrogens with zero attached hydrogens (tertiary/aromatic N) is 2. The van der Waals surface area contributed by atoms with E-state index in [0.29, 0.717) is 12.2 Å². The van der Waals surface area contributed by atoms with Crippen LogP contribution in [-0.2, 0) is 4.79 Å². The van der Waals surface area contributed by atoms with Gasteiger partial charge >= 0.3 is 0 Å². The topological polar surface area (TPSA) is 44.1 Å². The zero-order chi connectivity index (χ0) is 15.4. The van der Waals surface area contributed by atoms with Gasteiger partial charge in [0.1, 0.15) is 11.5 Å². The Morgan fingerprint density at radius 1 is 1.32 bits per heavy atom. The fraction of sp³-hybridized carbons (Fsp3) is 0.412. The van der Waals surface area contributed by atoms with Crippen LogP contribution in [0, 0.1) is 0 Å². The summed E-state index contributed by atoms with van der Waals surface area (Å²) in [6.07, 6.45) is 8.68. The van der Waals surface area contributed by atoms with Crippen LogP contribution in [0.3, 0.4) is 0 Å². The molecule has 1 aromatic carbocycles. The van der Waals surface area contributed by atoms with Crippen molar-refractivity contribution in [2.45, 2.75) is 42.5 Å². The summed E-state index contributed by atoms with van der Waals surface area (Å²) in [4.78, 5) is 16.7. The maximum absolute atomic E-state index is 12.2. The lowest BCUT2D eigenvalue weighted by molar-refractivity contribution is -0.118. The predicted molar refractivity (Wildman–Crippen MR) is 87.9 cm³/mol. The number of rotatable bonds is 4. The zero-order valence-electron chi connectivity index (χ0n) is 12.7. The molecule has 1 atom stereocenters. The van der Waals surface area contributed by atoms with Gasteiger partial charge in [-0.2, -0.15) is 0 Å². The summed E-state index contributed by atoms with van der Waals surface area (Å²) in [5.74, 6) is 1.18. The van der Waals surface area contributed by atoms with Gasteiger partial charge in [-0.15, -0.1) is 0 Å². The summed E-state index contributed by atoms with van der Waals surface area (Å²) in [6.45, 7) is 0. The Morgan fingerprint density at radius 2 is 2.23 bits per heavy atom. The SMILES string of the molecule is COc1cccc(-n2ccnc2SC2CCCCCC2=O)c1. The first kappa shape index (κ1) is 15.2. The Bertz CT molecular complexity index is 654. The molecule has 0 amide bonds. The molecule has 0 radical (unpaired) electrons. The lowest BCUT2D eigenvalue weighted by atomic mass is 10.2. The normalized spacial score (nSPS) is 19.0. The molecule has 0 bridgehead atoms. The molecule has 0 aliphatic heterocycles. The van der Waals surface area contributed by atoms with Crippen molar-refractivity contribution in [2.24, 2.45) is 0 Å². The molecule has 1 unspecified atom stereocenters. The van der Waals surface area contributed by atoms with Crippen molar-refractivity contribution in [3.05, 3.63) is 36.7 Å². The number of hydrogen-bond acceptors (Lipinski definition) is 4. The van der Waals surface area contributed by atoms with Crippen molar-refractivity contribution in [1.82, 2.24) is 9.55 Å². The first-order chi connectivity index (χ1) is 10.8. The highest BCUT2D eigenvalue weighted by Gasteiger charge is 2.23. The van der Waals surface area contributed by atoms with Crippen LogP contribution in [0.5, 0.6) is 5.75 Å². The van der Waals surface area contributed by atoms with E-state index in [1.54, 1.807) is 25.1 Å². The van der Waals surface area contributed by atoms with E-state index in [1.165, 1.54) is 0 Å². The maximum Gasteiger partial charge on any atom is 0.173 e. The minimum absolute atomic E-state index is 0.0363. The van der Waals surface area contributed by atoms with Crippen LogP contribution in [-0.4, -0.2) is 27.7 Å². The number of carbonyl (C=O) groups is 1. The highest BCUT2D eigenvalue weighted by Crippen LogP contribution is 2.31. The van der Waals surface area contributed by atoms with E-state index in [1.807, 2.05) is 35.0 Å². The van der Waals surface area contributed by atoms with Gasteiger partial charge in [0.15, 0.2) is 5.16 Å². The van der Waals surface area contributed by atoms with Crippen LogP contribution in [0.1, 0.15) is 32.1 Å². The van der Waals surface area contributed by atoms with Crippen molar-refractivity contribution in [3.8, 4) is 11.4 Å². The molecule has 0 spiro atoms. The second kappa shape index (κ2) is 7.01. The van der Waals surface area contributed by atoms with E-state index in [9.17, 15) is 4.79 Å². The molecule has 0 saturated heterocycles. The molecule has 3 rings (SSSR count). The van der Waals surface area contributed by atoms with Gasteiger partial charge in [-0.05, 0) is 25.0 Å². The second-order valence-electron chi connectivity index (χ2n) is 5.45. The van der Waals surface area contributed by atoms with Crippen molar-refractivity contribution in [1.29, 1.82) is 0 Å². The molecular weight excluding hydrogens is 296 g/mol. The summed E-state index contributed by atoms with van der Waals surface area (Å²) in [5.41, 5.74) is 1.00. The predicted octanol–water partition coefficient (Wildman–Crippen LogP) is 3.87. The van der Waals surface area contributed by atoms with Crippen molar-refractivity contribution in [2.75, 3.05) is 7.11 Å². The summed E-state index contributed by atoms with van der Waals surface area (Å²) < 4.78 is 7.30. The van der Waals surface area contributed by atoms with E-state index in [0.717, 1.165) is 42.3 Å². The highest BCUT2D eigenvalue weighted by molar-refractivity contribution is 8.00. The van der Waals surface area contributed by atoms with Crippen molar-refractivity contribution < 1.29 is 9.53 Å².